The van der Waals surface area contributed by atoms with Crippen LogP contribution in [0.15, 0.2) is 24.3 Å². The van der Waals surface area contributed by atoms with Gasteiger partial charge in [-0.05, 0) is 43.7 Å². The second-order valence-electron chi connectivity index (χ2n) is 3.56. The van der Waals surface area contributed by atoms with E-state index in [-0.39, 0.29) is 5.82 Å². The van der Waals surface area contributed by atoms with Crippen molar-refractivity contribution in [3.05, 3.63) is 39.8 Å². The van der Waals surface area contributed by atoms with Crippen molar-refractivity contribution in [1.82, 2.24) is 0 Å². The Labute approximate surface area is 92.4 Å². The van der Waals surface area contributed by atoms with E-state index in [4.69, 9.17) is 5.73 Å². The maximum Gasteiger partial charge on any atom is 0.123 e. The van der Waals surface area contributed by atoms with E-state index in [9.17, 15) is 4.39 Å². The van der Waals surface area contributed by atoms with Crippen LogP contribution in [0.1, 0.15) is 9.75 Å². The van der Waals surface area contributed by atoms with E-state index < -0.39 is 0 Å². The fraction of sp³-hybridized carbons (Fsp3) is 0.167. The van der Waals surface area contributed by atoms with Crippen LogP contribution in [0.5, 0.6) is 0 Å². The van der Waals surface area contributed by atoms with Gasteiger partial charge in [0.1, 0.15) is 5.82 Å². The Balaban J connectivity index is 2.62. The van der Waals surface area contributed by atoms with Gasteiger partial charge in [0.05, 0.1) is 0 Å². The molecule has 0 atom stereocenters. The SMILES string of the molecule is Cc1cc(-c2cc(F)ccc2N)c(C)s1. The lowest BCUT2D eigenvalue weighted by atomic mass is 10.0. The molecule has 0 spiro atoms. The Kier molecular flexibility index (Phi) is 2.49. The first-order valence-corrected chi connectivity index (χ1v) is 5.52. The van der Waals surface area contributed by atoms with Crippen LogP contribution >= 0.6 is 11.3 Å². The van der Waals surface area contributed by atoms with Crippen molar-refractivity contribution in [2.24, 2.45) is 0 Å². The summed E-state index contributed by atoms with van der Waals surface area (Å²) in [6.07, 6.45) is 0. The van der Waals surface area contributed by atoms with Gasteiger partial charge in [-0.3, -0.25) is 0 Å². The van der Waals surface area contributed by atoms with E-state index in [2.05, 4.69) is 0 Å². The number of halogens is 1. The standard InChI is InChI=1S/C12H12FNS/c1-7-5-10(8(2)15-7)11-6-9(13)3-4-12(11)14/h3-6H,14H2,1-2H3. The quantitative estimate of drug-likeness (QED) is 0.729. The van der Waals surface area contributed by atoms with Crippen LogP contribution in [0.25, 0.3) is 11.1 Å². The third kappa shape index (κ3) is 1.88. The van der Waals surface area contributed by atoms with Crippen LogP contribution in [-0.4, -0.2) is 0 Å². The molecule has 3 heteroatoms. The zero-order valence-electron chi connectivity index (χ0n) is 8.67. The zero-order chi connectivity index (χ0) is 11.0. The van der Waals surface area contributed by atoms with Crippen molar-refractivity contribution in [2.75, 3.05) is 5.73 Å². The molecule has 0 fully saturated rings. The van der Waals surface area contributed by atoms with Gasteiger partial charge in [-0.1, -0.05) is 0 Å². The van der Waals surface area contributed by atoms with Crippen LogP contribution in [0.2, 0.25) is 0 Å². The van der Waals surface area contributed by atoms with Gasteiger partial charge in [0.2, 0.25) is 0 Å². The predicted octanol–water partition coefficient (Wildman–Crippen LogP) is 3.75. The number of benzene rings is 1. The first-order chi connectivity index (χ1) is 7.08. The van der Waals surface area contributed by atoms with Crippen molar-refractivity contribution >= 4 is 17.0 Å². The number of nitrogens with two attached hydrogens (primary N) is 1. The summed E-state index contributed by atoms with van der Waals surface area (Å²) in [4.78, 5) is 2.39. The van der Waals surface area contributed by atoms with Crippen LogP contribution in [0, 0.1) is 19.7 Å². The van der Waals surface area contributed by atoms with E-state index in [1.807, 2.05) is 19.9 Å². The maximum absolute atomic E-state index is 13.1. The lowest BCUT2D eigenvalue weighted by molar-refractivity contribution is 0.628. The molecule has 78 valence electrons. The highest BCUT2D eigenvalue weighted by atomic mass is 32.1. The van der Waals surface area contributed by atoms with Gasteiger partial charge in [-0.15, -0.1) is 11.3 Å². The highest BCUT2D eigenvalue weighted by Gasteiger charge is 2.09. The lowest BCUT2D eigenvalue weighted by Crippen LogP contribution is -1.90. The number of rotatable bonds is 1. The predicted molar refractivity (Wildman–Crippen MR) is 63.6 cm³/mol. The highest BCUT2D eigenvalue weighted by molar-refractivity contribution is 7.12. The lowest BCUT2D eigenvalue weighted by Gasteiger charge is -2.04. The van der Waals surface area contributed by atoms with Crippen LogP contribution < -0.4 is 5.73 Å². The van der Waals surface area contributed by atoms with Crippen molar-refractivity contribution in [3.8, 4) is 11.1 Å². The monoisotopic (exact) mass is 221 g/mol. The third-order valence-corrected chi connectivity index (χ3v) is 3.31. The maximum atomic E-state index is 13.1. The fourth-order valence-electron chi connectivity index (χ4n) is 1.66. The van der Waals surface area contributed by atoms with Gasteiger partial charge >= 0.3 is 0 Å². The summed E-state index contributed by atoms with van der Waals surface area (Å²) in [6.45, 7) is 4.06. The number of anilines is 1. The van der Waals surface area contributed by atoms with E-state index in [1.54, 1.807) is 17.4 Å². The summed E-state index contributed by atoms with van der Waals surface area (Å²) >= 11 is 1.70. The molecule has 0 saturated heterocycles. The van der Waals surface area contributed by atoms with Crippen molar-refractivity contribution in [1.29, 1.82) is 0 Å². The second kappa shape index (κ2) is 3.66. The Morgan fingerprint density at radius 1 is 1.13 bits per heavy atom. The summed E-state index contributed by atoms with van der Waals surface area (Å²) in [6, 6.07) is 6.53. The first kappa shape index (κ1) is 10.2. The molecule has 2 N–H and O–H groups in total. The van der Waals surface area contributed by atoms with Gasteiger partial charge in [0.15, 0.2) is 0 Å². The molecule has 2 rings (SSSR count). The number of hydrogen-bond donors (Lipinski definition) is 1. The average molecular weight is 221 g/mol. The summed E-state index contributed by atoms with van der Waals surface area (Å²) < 4.78 is 13.1. The summed E-state index contributed by atoms with van der Waals surface area (Å²) in [5.41, 5.74) is 8.29. The van der Waals surface area contributed by atoms with E-state index in [0.29, 0.717) is 5.69 Å². The van der Waals surface area contributed by atoms with Crippen molar-refractivity contribution < 1.29 is 4.39 Å². The number of aryl methyl sites for hydroxylation is 2. The minimum atomic E-state index is -0.248. The Hall–Kier alpha value is -1.35. The summed E-state index contributed by atoms with van der Waals surface area (Å²) in [5.74, 6) is -0.248. The van der Waals surface area contributed by atoms with E-state index in [1.165, 1.54) is 21.9 Å². The molecule has 0 unspecified atom stereocenters. The molecule has 0 aliphatic carbocycles. The van der Waals surface area contributed by atoms with Gasteiger partial charge < -0.3 is 5.73 Å². The molecule has 0 saturated carbocycles. The number of nitrogen functional groups attached to an aromatic ring is 1. The molecule has 0 radical (unpaired) electrons. The molecule has 1 aromatic carbocycles. The molecule has 0 aliphatic heterocycles. The minimum Gasteiger partial charge on any atom is -0.398 e. The largest absolute Gasteiger partial charge is 0.398 e. The van der Waals surface area contributed by atoms with Gasteiger partial charge in [-0.25, -0.2) is 4.39 Å². The summed E-state index contributed by atoms with van der Waals surface area (Å²) in [7, 11) is 0. The van der Waals surface area contributed by atoms with Gasteiger partial charge in [0, 0.05) is 21.0 Å². The van der Waals surface area contributed by atoms with Crippen molar-refractivity contribution in [3.63, 3.8) is 0 Å². The Morgan fingerprint density at radius 2 is 1.87 bits per heavy atom. The van der Waals surface area contributed by atoms with Crippen molar-refractivity contribution in [2.45, 2.75) is 13.8 Å². The fourth-order valence-corrected chi connectivity index (χ4v) is 2.60. The molecule has 0 amide bonds. The van der Waals surface area contributed by atoms with Gasteiger partial charge in [0.25, 0.3) is 0 Å². The molecule has 1 heterocycles. The summed E-state index contributed by atoms with van der Waals surface area (Å²) in [5, 5.41) is 0. The molecular weight excluding hydrogens is 209 g/mol. The first-order valence-electron chi connectivity index (χ1n) is 4.70. The molecule has 1 nitrogen and oxygen atoms in total. The van der Waals surface area contributed by atoms with Gasteiger partial charge in [-0.2, -0.15) is 0 Å². The zero-order valence-corrected chi connectivity index (χ0v) is 9.49. The molecule has 0 aliphatic rings. The highest BCUT2D eigenvalue weighted by Crippen LogP contribution is 2.34. The smallest absolute Gasteiger partial charge is 0.123 e. The Morgan fingerprint density at radius 3 is 2.47 bits per heavy atom. The van der Waals surface area contributed by atoms with Crippen LogP contribution in [-0.2, 0) is 0 Å². The second-order valence-corrected chi connectivity index (χ2v) is 5.02. The van der Waals surface area contributed by atoms with Crippen LogP contribution in [0.4, 0.5) is 10.1 Å². The molecular formula is C12H12FNS. The molecule has 15 heavy (non-hydrogen) atoms. The number of thiophene rings is 1. The normalized spacial score (nSPS) is 10.6. The molecule has 2 aromatic rings. The average Bonchev–Trinajstić information content (AvgIpc) is 2.50. The topological polar surface area (TPSA) is 26.0 Å². The van der Waals surface area contributed by atoms with Crippen LogP contribution in [0.3, 0.4) is 0 Å². The minimum absolute atomic E-state index is 0.248. The molecule has 0 bridgehead atoms. The molecule has 1 aromatic heterocycles. The van der Waals surface area contributed by atoms with E-state index >= 15 is 0 Å². The number of hydrogen-bond acceptors (Lipinski definition) is 2. The Bertz CT molecular complexity index is 502. The van der Waals surface area contributed by atoms with E-state index in [0.717, 1.165) is 11.1 Å². The third-order valence-electron chi connectivity index (χ3n) is 2.35.